The van der Waals surface area contributed by atoms with Crippen molar-refractivity contribution in [2.75, 3.05) is 27.3 Å². The van der Waals surface area contributed by atoms with Gasteiger partial charge in [0.15, 0.2) is 16.7 Å². The highest BCUT2D eigenvalue weighted by Gasteiger charge is 2.29. The van der Waals surface area contributed by atoms with Crippen molar-refractivity contribution in [1.29, 1.82) is 0 Å². The summed E-state index contributed by atoms with van der Waals surface area (Å²) in [6.45, 7) is 6.53. The van der Waals surface area contributed by atoms with Gasteiger partial charge in [-0.3, -0.25) is 14.7 Å². The van der Waals surface area contributed by atoms with Crippen LogP contribution >= 0.6 is 34.4 Å². The minimum absolute atomic E-state index is 0.0550. The summed E-state index contributed by atoms with van der Waals surface area (Å²) in [6.07, 6.45) is 3.54. The number of carbonyl (C=O) groups excluding carboxylic acids is 1. The predicted molar refractivity (Wildman–Crippen MR) is 108 cm³/mol. The molecular weight excluding hydrogens is 439 g/mol. The Labute approximate surface area is 159 Å². The molecule has 0 radical (unpaired) electrons. The lowest BCUT2D eigenvalue weighted by molar-refractivity contribution is -0.121. The number of hydrogen-bond acceptors (Lipinski definition) is 5. The number of amides is 1. The molecule has 5 nitrogen and oxygen atoms in total. The summed E-state index contributed by atoms with van der Waals surface area (Å²) in [5.74, 6) is 1.30. The van der Waals surface area contributed by atoms with Crippen molar-refractivity contribution < 1.29 is 14.3 Å². The maximum absolute atomic E-state index is 12.3. The molecule has 0 bridgehead atoms. The summed E-state index contributed by atoms with van der Waals surface area (Å²) in [7, 11) is 3.40. The van der Waals surface area contributed by atoms with E-state index in [1.165, 1.54) is 11.8 Å². The molecule has 0 aromatic heterocycles. The monoisotopic (exact) mass is 458 g/mol. The maximum Gasteiger partial charge on any atom is 0.266 e. The van der Waals surface area contributed by atoms with Gasteiger partial charge in [-0.05, 0) is 65.0 Å². The van der Waals surface area contributed by atoms with Crippen LogP contribution in [0, 0.1) is 3.57 Å². The smallest absolute Gasteiger partial charge is 0.266 e. The average molecular weight is 458 g/mol. The second-order valence-electron chi connectivity index (χ2n) is 4.84. The molecule has 1 aliphatic rings. The van der Waals surface area contributed by atoms with Crippen LogP contribution in [0.1, 0.15) is 12.5 Å². The summed E-state index contributed by atoms with van der Waals surface area (Å²) in [4.78, 5) is 18.6. The number of ether oxygens (including phenoxy) is 2. The van der Waals surface area contributed by atoms with Gasteiger partial charge in [-0.25, -0.2) is 0 Å². The number of nitrogens with zero attached hydrogens (tertiary/aromatic N) is 2. The quantitative estimate of drug-likeness (QED) is 0.370. The maximum atomic E-state index is 12.3. The van der Waals surface area contributed by atoms with Crippen molar-refractivity contribution in [1.82, 2.24) is 4.90 Å². The van der Waals surface area contributed by atoms with Gasteiger partial charge in [0, 0.05) is 14.1 Å². The lowest BCUT2D eigenvalue weighted by Crippen LogP contribution is -2.23. The first-order valence-electron chi connectivity index (χ1n) is 7.36. The van der Waals surface area contributed by atoms with E-state index in [1.54, 1.807) is 25.1 Å². The summed E-state index contributed by atoms with van der Waals surface area (Å²) >= 11 is 3.57. The van der Waals surface area contributed by atoms with Gasteiger partial charge in [-0.15, -0.1) is 0 Å². The molecule has 1 heterocycles. The van der Waals surface area contributed by atoms with Gasteiger partial charge < -0.3 is 9.47 Å². The first-order valence-corrected chi connectivity index (χ1v) is 9.25. The molecule has 7 heteroatoms. The van der Waals surface area contributed by atoms with E-state index < -0.39 is 0 Å². The third-order valence-corrected chi connectivity index (χ3v) is 5.12. The van der Waals surface area contributed by atoms with Gasteiger partial charge >= 0.3 is 0 Å². The van der Waals surface area contributed by atoms with Crippen LogP contribution in [0.3, 0.4) is 0 Å². The van der Waals surface area contributed by atoms with E-state index in [-0.39, 0.29) is 5.91 Å². The van der Waals surface area contributed by atoms with Gasteiger partial charge in [0.25, 0.3) is 5.91 Å². The average Bonchev–Trinajstić information content (AvgIpc) is 2.82. The molecule has 0 unspecified atom stereocenters. The molecule has 1 aromatic rings. The SMILES string of the molecule is C=CCOc1c(I)cc(/C=C2/SC(=NC)N(C)C2=O)cc1OCC. The van der Waals surface area contributed by atoms with E-state index in [9.17, 15) is 4.79 Å². The zero-order chi connectivity index (χ0) is 17.7. The van der Waals surface area contributed by atoms with Crippen molar-refractivity contribution in [3.63, 3.8) is 0 Å². The predicted octanol–water partition coefficient (Wildman–Crippen LogP) is 3.79. The molecule has 1 aliphatic heterocycles. The second-order valence-corrected chi connectivity index (χ2v) is 7.01. The molecule has 128 valence electrons. The minimum atomic E-state index is -0.0550. The number of amidine groups is 1. The summed E-state index contributed by atoms with van der Waals surface area (Å²) in [5, 5.41) is 0.692. The van der Waals surface area contributed by atoms with Crippen LogP contribution in [0.5, 0.6) is 11.5 Å². The van der Waals surface area contributed by atoms with Crippen LogP contribution < -0.4 is 9.47 Å². The highest BCUT2D eigenvalue weighted by Crippen LogP contribution is 2.37. The lowest BCUT2D eigenvalue weighted by Gasteiger charge is -2.13. The molecule has 1 aromatic carbocycles. The molecule has 1 saturated heterocycles. The molecule has 0 saturated carbocycles. The minimum Gasteiger partial charge on any atom is -0.490 e. The Balaban J connectivity index is 2.39. The van der Waals surface area contributed by atoms with Crippen LogP contribution in [-0.4, -0.2) is 43.3 Å². The van der Waals surface area contributed by atoms with Gasteiger partial charge in [0.2, 0.25) is 0 Å². The van der Waals surface area contributed by atoms with Crippen LogP contribution in [-0.2, 0) is 4.79 Å². The van der Waals surface area contributed by atoms with Crippen molar-refractivity contribution in [2.24, 2.45) is 4.99 Å². The zero-order valence-electron chi connectivity index (χ0n) is 13.8. The molecule has 0 atom stereocenters. The van der Waals surface area contributed by atoms with Gasteiger partial charge in [-0.2, -0.15) is 0 Å². The topological polar surface area (TPSA) is 51.1 Å². The Morgan fingerprint density at radius 1 is 1.42 bits per heavy atom. The summed E-state index contributed by atoms with van der Waals surface area (Å²) in [5.41, 5.74) is 0.885. The van der Waals surface area contributed by atoms with Gasteiger partial charge in [0.05, 0.1) is 15.1 Å². The largest absolute Gasteiger partial charge is 0.490 e. The first kappa shape index (κ1) is 18.9. The third kappa shape index (κ3) is 4.13. The molecule has 2 rings (SSSR count). The number of halogens is 1. The number of benzene rings is 1. The van der Waals surface area contributed by atoms with E-state index in [0.29, 0.717) is 34.8 Å². The number of thioether (sulfide) groups is 1. The van der Waals surface area contributed by atoms with E-state index >= 15 is 0 Å². The van der Waals surface area contributed by atoms with Crippen LogP contribution in [0.4, 0.5) is 0 Å². The van der Waals surface area contributed by atoms with Crippen molar-refractivity contribution in [2.45, 2.75) is 6.92 Å². The molecule has 0 spiro atoms. The van der Waals surface area contributed by atoms with Crippen LogP contribution in [0.25, 0.3) is 6.08 Å². The van der Waals surface area contributed by atoms with Crippen LogP contribution in [0.15, 0.2) is 34.7 Å². The number of rotatable bonds is 6. The zero-order valence-corrected chi connectivity index (χ0v) is 16.8. The third-order valence-electron chi connectivity index (χ3n) is 3.17. The second kappa shape index (κ2) is 8.57. The standard InChI is InChI=1S/C17H19IN2O3S/c1-5-7-23-15-12(18)8-11(9-13(15)22-6-2)10-14-16(21)20(4)17(19-3)24-14/h5,8-10H,1,6-7H2,2-4H3/b14-10+,19-17?. The number of likely N-dealkylation sites (N-methyl/N-ethyl adjacent to an activating group) is 1. The number of carbonyl (C=O) groups is 1. The summed E-state index contributed by atoms with van der Waals surface area (Å²) in [6, 6.07) is 3.84. The van der Waals surface area contributed by atoms with E-state index in [1.807, 2.05) is 25.1 Å². The fraction of sp³-hybridized carbons (Fsp3) is 0.294. The normalized spacial score (nSPS) is 17.7. The number of aliphatic imine (C=N–C) groups is 1. The Kier molecular flexibility index (Phi) is 6.73. The Bertz CT molecular complexity index is 716. The number of hydrogen-bond donors (Lipinski definition) is 0. The van der Waals surface area contributed by atoms with Gasteiger partial charge in [0.1, 0.15) is 6.61 Å². The Morgan fingerprint density at radius 3 is 2.75 bits per heavy atom. The van der Waals surface area contributed by atoms with E-state index in [0.717, 1.165) is 9.13 Å². The molecular formula is C17H19IN2O3S. The fourth-order valence-corrected chi connectivity index (χ4v) is 3.83. The molecule has 0 N–H and O–H groups in total. The van der Waals surface area contributed by atoms with E-state index in [4.69, 9.17) is 9.47 Å². The summed E-state index contributed by atoms with van der Waals surface area (Å²) < 4.78 is 12.3. The molecule has 1 fully saturated rings. The van der Waals surface area contributed by atoms with Crippen molar-refractivity contribution in [3.05, 3.63) is 38.8 Å². The molecule has 24 heavy (non-hydrogen) atoms. The molecule has 0 aliphatic carbocycles. The Hall–Kier alpha value is -1.48. The van der Waals surface area contributed by atoms with Crippen LogP contribution in [0.2, 0.25) is 0 Å². The highest BCUT2D eigenvalue weighted by molar-refractivity contribution is 14.1. The van der Waals surface area contributed by atoms with E-state index in [2.05, 4.69) is 34.2 Å². The van der Waals surface area contributed by atoms with Crippen molar-refractivity contribution >= 4 is 51.5 Å². The first-order chi connectivity index (χ1) is 11.5. The lowest BCUT2D eigenvalue weighted by atomic mass is 10.2. The molecule has 1 amide bonds. The van der Waals surface area contributed by atoms with Gasteiger partial charge in [-0.1, -0.05) is 12.7 Å². The Morgan fingerprint density at radius 2 is 2.17 bits per heavy atom. The van der Waals surface area contributed by atoms with Crippen molar-refractivity contribution in [3.8, 4) is 11.5 Å². The highest BCUT2D eigenvalue weighted by atomic mass is 127. The fourth-order valence-electron chi connectivity index (χ4n) is 2.12.